The van der Waals surface area contributed by atoms with Crippen LogP contribution >= 0.6 is 0 Å². The number of aliphatic hydroxyl groups is 1. The van der Waals surface area contributed by atoms with Crippen LogP contribution in [0.15, 0.2) is 54.6 Å². The van der Waals surface area contributed by atoms with Gasteiger partial charge in [0.2, 0.25) is 0 Å². The SMILES string of the molecule is CC(Cc1ccccc1)NC[C@H](O)c1ccccc1F. The van der Waals surface area contributed by atoms with Crippen molar-refractivity contribution in [2.45, 2.75) is 25.5 Å². The number of halogens is 1. The summed E-state index contributed by atoms with van der Waals surface area (Å²) in [6, 6.07) is 16.7. The number of rotatable bonds is 6. The zero-order valence-corrected chi connectivity index (χ0v) is 11.6. The van der Waals surface area contributed by atoms with Crippen LogP contribution in [0.5, 0.6) is 0 Å². The Morgan fingerprint density at radius 1 is 1.05 bits per heavy atom. The van der Waals surface area contributed by atoms with E-state index in [1.807, 2.05) is 18.2 Å². The third-order valence-corrected chi connectivity index (χ3v) is 3.31. The first kappa shape index (κ1) is 14.7. The molecule has 2 atom stereocenters. The van der Waals surface area contributed by atoms with Crippen LogP contribution in [0.25, 0.3) is 0 Å². The van der Waals surface area contributed by atoms with E-state index in [9.17, 15) is 9.50 Å². The monoisotopic (exact) mass is 273 g/mol. The van der Waals surface area contributed by atoms with E-state index in [4.69, 9.17) is 0 Å². The maximum atomic E-state index is 13.5. The van der Waals surface area contributed by atoms with Crippen molar-refractivity contribution >= 4 is 0 Å². The van der Waals surface area contributed by atoms with Gasteiger partial charge in [0, 0.05) is 18.2 Å². The molecule has 0 radical (unpaired) electrons. The summed E-state index contributed by atoms with van der Waals surface area (Å²) in [6.45, 7) is 2.40. The van der Waals surface area contributed by atoms with Gasteiger partial charge in [-0.2, -0.15) is 0 Å². The number of hydrogen-bond donors (Lipinski definition) is 2. The lowest BCUT2D eigenvalue weighted by atomic mass is 10.1. The van der Waals surface area contributed by atoms with Gasteiger partial charge in [0.25, 0.3) is 0 Å². The summed E-state index contributed by atoms with van der Waals surface area (Å²) in [4.78, 5) is 0. The van der Waals surface area contributed by atoms with Crippen LogP contribution in [-0.4, -0.2) is 17.7 Å². The molecule has 2 aromatic rings. The molecule has 0 bridgehead atoms. The van der Waals surface area contributed by atoms with Crippen molar-refractivity contribution < 1.29 is 9.50 Å². The minimum absolute atomic E-state index is 0.221. The van der Waals surface area contributed by atoms with Crippen molar-refractivity contribution in [2.24, 2.45) is 0 Å². The molecular formula is C17H20FNO. The van der Waals surface area contributed by atoms with Gasteiger partial charge in [-0.3, -0.25) is 0 Å². The lowest BCUT2D eigenvalue weighted by Crippen LogP contribution is -2.32. The summed E-state index contributed by atoms with van der Waals surface area (Å²) in [6.07, 6.45) is 0.0552. The Labute approximate surface area is 119 Å². The van der Waals surface area contributed by atoms with E-state index >= 15 is 0 Å². The van der Waals surface area contributed by atoms with Gasteiger partial charge in [0.15, 0.2) is 0 Å². The Morgan fingerprint density at radius 3 is 2.40 bits per heavy atom. The molecular weight excluding hydrogens is 253 g/mol. The van der Waals surface area contributed by atoms with Crippen molar-refractivity contribution in [2.75, 3.05) is 6.54 Å². The lowest BCUT2D eigenvalue weighted by molar-refractivity contribution is 0.166. The van der Waals surface area contributed by atoms with Crippen LogP contribution < -0.4 is 5.32 Å². The number of benzene rings is 2. The standard InChI is InChI=1S/C17H20FNO/c1-13(11-14-7-3-2-4-8-14)19-12-17(20)15-9-5-6-10-16(15)18/h2-10,13,17,19-20H,11-12H2,1H3/t13?,17-/m0/s1. The van der Waals surface area contributed by atoms with Crippen LogP contribution in [0.3, 0.4) is 0 Å². The smallest absolute Gasteiger partial charge is 0.129 e. The molecule has 3 heteroatoms. The van der Waals surface area contributed by atoms with Gasteiger partial charge < -0.3 is 10.4 Å². The second-order valence-electron chi connectivity index (χ2n) is 5.04. The van der Waals surface area contributed by atoms with E-state index in [1.165, 1.54) is 11.6 Å². The molecule has 2 rings (SSSR count). The van der Waals surface area contributed by atoms with Crippen molar-refractivity contribution in [3.8, 4) is 0 Å². The highest BCUT2D eigenvalue weighted by Gasteiger charge is 2.13. The van der Waals surface area contributed by atoms with Crippen LogP contribution in [0.1, 0.15) is 24.2 Å². The Balaban J connectivity index is 1.84. The zero-order valence-electron chi connectivity index (χ0n) is 11.6. The van der Waals surface area contributed by atoms with Crippen molar-refractivity contribution in [3.63, 3.8) is 0 Å². The van der Waals surface area contributed by atoms with Crippen molar-refractivity contribution in [1.29, 1.82) is 0 Å². The Kier molecular flexibility index (Phi) is 5.27. The van der Waals surface area contributed by atoms with E-state index in [0.717, 1.165) is 6.42 Å². The molecule has 0 aliphatic heterocycles. The highest BCUT2D eigenvalue weighted by Crippen LogP contribution is 2.16. The van der Waals surface area contributed by atoms with Gasteiger partial charge >= 0.3 is 0 Å². The minimum atomic E-state index is -0.825. The van der Waals surface area contributed by atoms with E-state index in [0.29, 0.717) is 12.1 Å². The van der Waals surface area contributed by atoms with Gasteiger partial charge in [0.1, 0.15) is 5.82 Å². The predicted molar refractivity (Wildman–Crippen MR) is 79.0 cm³/mol. The fourth-order valence-corrected chi connectivity index (χ4v) is 2.21. The van der Waals surface area contributed by atoms with E-state index in [1.54, 1.807) is 18.2 Å². The summed E-state index contributed by atoms with van der Waals surface area (Å²) >= 11 is 0. The molecule has 1 unspecified atom stereocenters. The third kappa shape index (κ3) is 4.15. The topological polar surface area (TPSA) is 32.3 Å². The van der Waals surface area contributed by atoms with E-state index < -0.39 is 6.10 Å². The Morgan fingerprint density at radius 2 is 1.70 bits per heavy atom. The fourth-order valence-electron chi connectivity index (χ4n) is 2.21. The highest BCUT2D eigenvalue weighted by atomic mass is 19.1. The molecule has 0 aliphatic carbocycles. The molecule has 106 valence electrons. The molecule has 2 nitrogen and oxygen atoms in total. The maximum absolute atomic E-state index is 13.5. The average molecular weight is 273 g/mol. The molecule has 0 heterocycles. The summed E-state index contributed by atoms with van der Waals surface area (Å²) in [7, 11) is 0. The molecule has 0 saturated carbocycles. The molecule has 0 spiro atoms. The largest absolute Gasteiger partial charge is 0.387 e. The maximum Gasteiger partial charge on any atom is 0.129 e. The summed E-state index contributed by atoms with van der Waals surface area (Å²) in [5.74, 6) is -0.363. The van der Waals surface area contributed by atoms with Crippen molar-refractivity contribution in [1.82, 2.24) is 5.32 Å². The molecule has 0 amide bonds. The highest BCUT2D eigenvalue weighted by molar-refractivity contribution is 5.20. The Hall–Kier alpha value is -1.71. The summed E-state index contributed by atoms with van der Waals surface area (Å²) < 4.78 is 13.5. The predicted octanol–water partition coefficient (Wildman–Crippen LogP) is 3.08. The molecule has 0 fully saturated rings. The molecule has 0 saturated heterocycles. The second kappa shape index (κ2) is 7.17. The Bertz CT molecular complexity index is 530. The number of nitrogens with one attached hydrogen (secondary N) is 1. The first-order chi connectivity index (χ1) is 9.66. The van der Waals surface area contributed by atoms with Gasteiger partial charge in [-0.15, -0.1) is 0 Å². The number of hydrogen-bond acceptors (Lipinski definition) is 2. The summed E-state index contributed by atoms with van der Waals surface area (Å²) in [5, 5.41) is 13.3. The fraction of sp³-hybridized carbons (Fsp3) is 0.294. The quantitative estimate of drug-likeness (QED) is 0.847. The molecule has 0 aromatic heterocycles. The number of aliphatic hydroxyl groups excluding tert-OH is 1. The third-order valence-electron chi connectivity index (χ3n) is 3.31. The second-order valence-corrected chi connectivity index (χ2v) is 5.04. The molecule has 2 N–H and O–H groups in total. The van der Waals surface area contributed by atoms with Crippen LogP contribution in [0, 0.1) is 5.82 Å². The van der Waals surface area contributed by atoms with E-state index in [-0.39, 0.29) is 11.9 Å². The van der Waals surface area contributed by atoms with Gasteiger partial charge in [-0.05, 0) is 25.0 Å². The molecule has 2 aromatic carbocycles. The molecule has 0 aliphatic rings. The summed E-state index contributed by atoms with van der Waals surface area (Å²) in [5.41, 5.74) is 1.58. The van der Waals surface area contributed by atoms with Gasteiger partial charge in [-0.1, -0.05) is 48.5 Å². The van der Waals surface area contributed by atoms with Crippen molar-refractivity contribution in [3.05, 3.63) is 71.5 Å². The zero-order chi connectivity index (χ0) is 14.4. The van der Waals surface area contributed by atoms with Gasteiger partial charge in [0.05, 0.1) is 6.10 Å². The van der Waals surface area contributed by atoms with E-state index in [2.05, 4.69) is 24.4 Å². The van der Waals surface area contributed by atoms with Gasteiger partial charge in [-0.25, -0.2) is 4.39 Å². The average Bonchev–Trinajstić information content (AvgIpc) is 2.46. The van der Waals surface area contributed by atoms with Crippen LogP contribution in [-0.2, 0) is 6.42 Å². The van der Waals surface area contributed by atoms with Crippen LogP contribution in [0.2, 0.25) is 0 Å². The normalized spacial score (nSPS) is 13.9. The lowest BCUT2D eigenvalue weighted by Gasteiger charge is -2.18. The first-order valence-corrected chi connectivity index (χ1v) is 6.86. The minimum Gasteiger partial charge on any atom is -0.387 e. The first-order valence-electron chi connectivity index (χ1n) is 6.86. The molecule has 20 heavy (non-hydrogen) atoms. The van der Waals surface area contributed by atoms with Crippen LogP contribution in [0.4, 0.5) is 4.39 Å².